The first kappa shape index (κ1) is 18.8. The normalized spacial score (nSPS) is 14.6. The molecule has 0 aliphatic rings. The van der Waals surface area contributed by atoms with E-state index in [1.54, 1.807) is 12.1 Å². The van der Waals surface area contributed by atoms with E-state index in [-0.39, 0.29) is 19.1 Å². The van der Waals surface area contributed by atoms with E-state index < -0.39 is 12.1 Å². The second-order valence-corrected chi connectivity index (χ2v) is 5.67. The standard InChI is InChI=1S/C17H25F3O2/c1-3-7-15(10-6-8-13(2)17(18,19)20)22-16-11-5-4-9-14(16)12-21/h4-5,9,11,13,15,21H,3,6-8,10,12H2,1-2H3. The molecule has 0 heterocycles. The Morgan fingerprint density at radius 3 is 2.41 bits per heavy atom. The fourth-order valence-corrected chi connectivity index (χ4v) is 2.33. The predicted octanol–water partition coefficient (Wildman–Crippen LogP) is 5.10. The summed E-state index contributed by atoms with van der Waals surface area (Å²) >= 11 is 0. The molecule has 2 nitrogen and oxygen atoms in total. The molecule has 0 spiro atoms. The molecule has 1 N–H and O–H groups in total. The molecule has 0 saturated heterocycles. The number of aliphatic hydroxyl groups is 1. The minimum atomic E-state index is -4.12. The van der Waals surface area contributed by atoms with Crippen molar-refractivity contribution < 1.29 is 23.0 Å². The Bertz CT molecular complexity index is 432. The van der Waals surface area contributed by atoms with Crippen molar-refractivity contribution in [1.29, 1.82) is 0 Å². The Balaban J connectivity index is 2.55. The molecule has 0 radical (unpaired) electrons. The molecular weight excluding hydrogens is 293 g/mol. The van der Waals surface area contributed by atoms with Gasteiger partial charge in [-0.15, -0.1) is 0 Å². The van der Waals surface area contributed by atoms with Gasteiger partial charge in [-0.3, -0.25) is 0 Å². The summed E-state index contributed by atoms with van der Waals surface area (Å²) in [6, 6.07) is 7.21. The number of ether oxygens (including phenoxy) is 1. The zero-order valence-corrected chi connectivity index (χ0v) is 13.2. The summed E-state index contributed by atoms with van der Waals surface area (Å²) in [4.78, 5) is 0. The van der Waals surface area contributed by atoms with Crippen molar-refractivity contribution in [2.45, 2.75) is 64.8 Å². The van der Waals surface area contributed by atoms with Crippen molar-refractivity contribution >= 4 is 0 Å². The number of alkyl halides is 3. The molecule has 22 heavy (non-hydrogen) atoms. The zero-order valence-electron chi connectivity index (χ0n) is 13.2. The van der Waals surface area contributed by atoms with E-state index in [1.165, 1.54) is 6.92 Å². The van der Waals surface area contributed by atoms with Gasteiger partial charge in [0, 0.05) is 5.56 Å². The Kier molecular flexibility index (Phi) is 7.73. The topological polar surface area (TPSA) is 29.5 Å². The molecule has 5 heteroatoms. The van der Waals surface area contributed by atoms with Crippen LogP contribution < -0.4 is 4.74 Å². The summed E-state index contributed by atoms with van der Waals surface area (Å²) in [5.74, 6) is -0.660. The summed E-state index contributed by atoms with van der Waals surface area (Å²) < 4.78 is 43.4. The van der Waals surface area contributed by atoms with Crippen LogP contribution in [0.2, 0.25) is 0 Å². The lowest BCUT2D eigenvalue weighted by atomic mass is 10.0. The van der Waals surface area contributed by atoms with Crippen LogP contribution in [-0.2, 0) is 6.61 Å². The maximum absolute atomic E-state index is 12.5. The highest BCUT2D eigenvalue weighted by Gasteiger charge is 2.35. The fraction of sp³-hybridized carbons (Fsp3) is 0.647. The fourth-order valence-electron chi connectivity index (χ4n) is 2.33. The molecule has 0 aliphatic heterocycles. The van der Waals surface area contributed by atoms with Gasteiger partial charge in [-0.2, -0.15) is 13.2 Å². The van der Waals surface area contributed by atoms with E-state index >= 15 is 0 Å². The first-order valence-corrected chi connectivity index (χ1v) is 7.80. The lowest BCUT2D eigenvalue weighted by Gasteiger charge is -2.21. The van der Waals surface area contributed by atoms with Crippen molar-refractivity contribution in [1.82, 2.24) is 0 Å². The quantitative estimate of drug-likeness (QED) is 0.687. The van der Waals surface area contributed by atoms with Crippen LogP contribution in [0, 0.1) is 5.92 Å². The first-order valence-electron chi connectivity index (χ1n) is 7.80. The third-order valence-corrected chi connectivity index (χ3v) is 3.77. The lowest BCUT2D eigenvalue weighted by molar-refractivity contribution is -0.171. The molecule has 1 aromatic carbocycles. The summed E-state index contributed by atoms with van der Waals surface area (Å²) in [6.07, 6.45) is -1.35. The summed E-state index contributed by atoms with van der Waals surface area (Å²) in [5.41, 5.74) is 0.701. The van der Waals surface area contributed by atoms with Crippen LogP contribution in [0.5, 0.6) is 5.75 Å². The summed E-state index contributed by atoms with van der Waals surface area (Å²) in [7, 11) is 0. The SMILES string of the molecule is CCCC(CCCC(C)C(F)(F)F)Oc1ccccc1CO. The minimum Gasteiger partial charge on any atom is -0.490 e. The van der Waals surface area contributed by atoms with Gasteiger partial charge >= 0.3 is 6.18 Å². The molecule has 1 aromatic rings. The second-order valence-electron chi connectivity index (χ2n) is 5.67. The summed E-state index contributed by atoms with van der Waals surface area (Å²) in [6.45, 7) is 3.13. The van der Waals surface area contributed by atoms with E-state index in [2.05, 4.69) is 0 Å². The van der Waals surface area contributed by atoms with Crippen LogP contribution >= 0.6 is 0 Å². The number of para-hydroxylation sites is 1. The zero-order chi connectivity index (χ0) is 16.6. The molecule has 0 aliphatic carbocycles. The molecule has 0 bridgehead atoms. The van der Waals surface area contributed by atoms with Gasteiger partial charge in [-0.25, -0.2) is 0 Å². The third-order valence-electron chi connectivity index (χ3n) is 3.77. The molecular formula is C17H25F3O2. The molecule has 2 atom stereocenters. The smallest absolute Gasteiger partial charge is 0.391 e. The van der Waals surface area contributed by atoms with Crippen molar-refractivity contribution in [3.63, 3.8) is 0 Å². The van der Waals surface area contributed by atoms with Crippen molar-refractivity contribution in [3.8, 4) is 5.75 Å². The van der Waals surface area contributed by atoms with Crippen LogP contribution in [0.4, 0.5) is 13.2 Å². The van der Waals surface area contributed by atoms with Gasteiger partial charge in [-0.1, -0.05) is 38.5 Å². The minimum absolute atomic E-state index is 0.111. The molecule has 0 fully saturated rings. The average Bonchev–Trinajstić information content (AvgIpc) is 2.46. The largest absolute Gasteiger partial charge is 0.490 e. The van der Waals surface area contributed by atoms with Gasteiger partial charge in [0.05, 0.1) is 18.6 Å². The molecule has 0 saturated carbocycles. The maximum atomic E-state index is 12.5. The number of hydrogen-bond donors (Lipinski definition) is 1. The molecule has 2 unspecified atom stereocenters. The Labute approximate surface area is 130 Å². The van der Waals surface area contributed by atoms with Crippen molar-refractivity contribution in [2.75, 3.05) is 0 Å². The van der Waals surface area contributed by atoms with Gasteiger partial charge in [0.2, 0.25) is 0 Å². The molecule has 0 aromatic heterocycles. The first-order chi connectivity index (χ1) is 10.4. The van der Waals surface area contributed by atoms with E-state index in [0.717, 1.165) is 12.8 Å². The molecule has 126 valence electrons. The number of halogens is 3. The summed E-state index contributed by atoms with van der Waals surface area (Å²) in [5, 5.41) is 9.29. The number of hydrogen-bond acceptors (Lipinski definition) is 2. The molecule has 0 amide bonds. The van der Waals surface area contributed by atoms with E-state index in [4.69, 9.17) is 4.74 Å². The van der Waals surface area contributed by atoms with E-state index in [9.17, 15) is 18.3 Å². The number of rotatable bonds is 9. The van der Waals surface area contributed by atoms with E-state index in [0.29, 0.717) is 24.2 Å². The maximum Gasteiger partial charge on any atom is 0.391 e. The van der Waals surface area contributed by atoms with Gasteiger partial charge in [0.15, 0.2) is 0 Å². The highest BCUT2D eigenvalue weighted by atomic mass is 19.4. The van der Waals surface area contributed by atoms with Gasteiger partial charge in [0.25, 0.3) is 0 Å². The highest BCUT2D eigenvalue weighted by Crippen LogP contribution is 2.30. The Morgan fingerprint density at radius 1 is 1.14 bits per heavy atom. The lowest BCUT2D eigenvalue weighted by Crippen LogP contribution is -2.21. The van der Waals surface area contributed by atoms with Crippen molar-refractivity contribution in [2.24, 2.45) is 5.92 Å². The van der Waals surface area contributed by atoms with Crippen LogP contribution in [0.1, 0.15) is 51.5 Å². The Morgan fingerprint density at radius 2 is 1.82 bits per heavy atom. The second kappa shape index (κ2) is 9.03. The van der Waals surface area contributed by atoms with Gasteiger partial charge in [0.1, 0.15) is 5.75 Å². The van der Waals surface area contributed by atoms with Crippen LogP contribution in [0.3, 0.4) is 0 Å². The van der Waals surface area contributed by atoms with Crippen molar-refractivity contribution in [3.05, 3.63) is 29.8 Å². The number of benzene rings is 1. The molecule has 1 rings (SSSR count). The number of aliphatic hydroxyl groups excluding tert-OH is 1. The van der Waals surface area contributed by atoms with Gasteiger partial charge < -0.3 is 9.84 Å². The van der Waals surface area contributed by atoms with Crippen LogP contribution in [0.25, 0.3) is 0 Å². The van der Waals surface area contributed by atoms with Crippen LogP contribution in [-0.4, -0.2) is 17.4 Å². The third kappa shape index (κ3) is 6.26. The monoisotopic (exact) mass is 318 g/mol. The van der Waals surface area contributed by atoms with Crippen LogP contribution in [0.15, 0.2) is 24.3 Å². The Hall–Kier alpha value is -1.23. The van der Waals surface area contributed by atoms with Gasteiger partial charge in [-0.05, 0) is 31.7 Å². The highest BCUT2D eigenvalue weighted by molar-refractivity contribution is 5.32. The predicted molar refractivity (Wildman–Crippen MR) is 80.8 cm³/mol. The van der Waals surface area contributed by atoms with E-state index in [1.807, 2.05) is 19.1 Å². The average molecular weight is 318 g/mol.